The molecule has 2 rings (SSSR count). The first-order chi connectivity index (χ1) is 10.2. The molecule has 1 saturated carbocycles. The zero-order valence-corrected chi connectivity index (χ0v) is 13.0. The highest BCUT2D eigenvalue weighted by molar-refractivity contribution is 5.92. The van der Waals surface area contributed by atoms with Crippen LogP contribution in [0.1, 0.15) is 32.6 Å². The van der Waals surface area contributed by atoms with Crippen molar-refractivity contribution in [3.63, 3.8) is 0 Å². The summed E-state index contributed by atoms with van der Waals surface area (Å²) in [5.41, 5.74) is 0.800. The molecular formula is C17H26N2O2. The maximum absolute atomic E-state index is 11.9. The molecule has 0 heterocycles. The summed E-state index contributed by atoms with van der Waals surface area (Å²) in [5, 5.41) is 6.16. The number of rotatable bonds is 6. The Labute approximate surface area is 127 Å². The van der Waals surface area contributed by atoms with Gasteiger partial charge in [0.1, 0.15) is 5.75 Å². The second-order valence-corrected chi connectivity index (χ2v) is 6.05. The van der Waals surface area contributed by atoms with Crippen LogP contribution in [-0.2, 0) is 4.79 Å². The molecule has 0 radical (unpaired) electrons. The number of nitrogens with one attached hydrogen (secondary N) is 2. The maximum Gasteiger partial charge on any atom is 0.238 e. The summed E-state index contributed by atoms with van der Waals surface area (Å²) in [4.78, 5) is 11.9. The molecule has 1 aromatic rings. The standard InChI is InChI=1S/C17H26N2O2/c1-13-4-3-5-14(10-13)11-18-12-17(20)19-15-6-8-16(21-2)9-7-15/h6-9,13-14,18H,3-5,10-12H2,1-2H3,(H,19,20). The first-order valence-corrected chi connectivity index (χ1v) is 7.82. The summed E-state index contributed by atoms with van der Waals surface area (Å²) in [6, 6.07) is 7.37. The first kappa shape index (κ1) is 15.8. The van der Waals surface area contributed by atoms with Crippen molar-refractivity contribution in [2.45, 2.75) is 32.6 Å². The summed E-state index contributed by atoms with van der Waals surface area (Å²) >= 11 is 0. The summed E-state index contributed by atoms with van der Waals surface area (Å²) in [7, 11) is 1.63. The molecule has 4 heteroatoms. The zero-order valence-electron chi connectivity index (χ0n) is 13.0. The van der Waals surface area contributed by atoms with Crippen LogP contribution in [0.25, 0.3) is 0 Å². The molecule has 0 aromatic heterocycles. The van der Waals surface area contributed by atoms with Gasteiger partial charge < -0.3 is 15.4 Å². The highest BCUT2D eigenvalue weighted by Gasteiger charge is 2.18. The van der Waals surface area contributed by atoms with Crippen LogP contribution < -0.4 is 15.4 Å². The van der Waals surface area contributed by atoms with E-state index in [4.69, 9.17) is 4.74 Å². The molecule has 0 spiro atoms. The third-order valence-electron chi connectivity index (χ3n) is 4.14. The minimum atomic E-state index is 0.00373. The normalized spacial score (nSPS) is 21.8. The van der Waals surface area contributed by atoms with E-state index >= 15 is 0 Å². The molecule has 1 amide bonds. The fourth-order valence-corrected chi connectivity index (χ4v) is 3.01. The number of amides is 1. The highest BCUT2D eigenvalue weighted by atomic mass is 16.5. The fourth-order valence-electron chi connectivity index (χ4n) is 3.01. The Kier molecular flexibility index (Phi) is 6.05. The van der Waals surface area contributed by atoms with Gasteiger partial charge in [-0.15, -0.1) is 0 Å². The van der Waals surface area contributed by atoms with Gasteiger partial charge >= 0.3 is 0 Å². The third-order valence-corrected chi connectivity index (χ3v) is 4.14. The average molecular weight is 290 g/mol. The smallest absolute Gasteiger partial charge is 0.238 e. The first-order valence-electron chi connectivity index (χ1n) is 7.82. The Morgan fingerprint density at radius 3 is 2.71 bits per heavy atom. The van der Waals surface area contributed by atoms with E-state index in [1.165, 1.54) is 25.7 Å². The van der Waals surface area contributed by atoms with Crippen molar-refractivity contribution in [3.8, 4) is 5.75 Å². The minimum Gasteiger partial charge on any atom is -0.497 e. The SMILES string of the molecule is COc1ccc(NC(=O)CNCC2CCCC(C)C2)cc1. The van der Waals surface area contributed by atoms with Crippen LogP contribution in [0.3, 0.4) is 0 Å². The van der Waals surface area contributed by atoms with Crippen molar-refractivity contribution in [3.05, 3.63) is 24.3 Å². The molecular weight excluding hydrogens is 264 g/mol. The van der Waals surface area contributed by atoms with E-state index in [1.807, 2.05) is 24.3 Å². The predicted octanol–water partition coefficient (Wildman–Crippen LogP) is 3.05. The summed E-state index contributed by atoms with van der Waals surface area (Å²) in [6.45, 7) is 3.64. The van der Waals surface area contributed by atoms with Crippen LogP contribution in [0, 0.1) is 11.8 Å². The molecule has 4 nitrogen and oxygen atoms in total. The number of hydrogen-bond acceptors (Lipinski definition) is 3. The third kappa shape index (κ3) is 5.38. The van der Waals surface area contributed by atoms with Gasteiger partial charge in [-0.3, -0.25) is 4.79 Å². The molecule has 0 bridgehead atoms. The van der Waals surface area contributed by atoms with Gasteiger partial charge in [0, 0.05) is 5.69 Å². The second-order valence-electron chi connectivity index (χ2n) is 6.05. The molecule has 21 heavy (non-hydrogen) atoms. The Hall–Kier alpha value is -1.55. The number of benzene rings is 1. The number of carbonyl (C=O) groups excluding carboxylic acids is 1. The van der Waals surface area contributed by atoms with Gasteiger partial charge in [-0.25, -0.2) is 0 Å². The molecule has 0 aliphatic heterocycles. The van der Waals surface area contributed by atoms with Crippen LogP contribution in [0.2, 0.25) is 0 Å². The van der Waals surface area contributed by atoms with Crippen molar-refractivity contribution in [2.24, 2.45) is 11.8 Å². The topological polar surface area (TPSA) is 50.4 Å². The molecule has 2 unspecified atom stereocenters. The Balaban J connectivity index is 1.67. The highest BCUT2D eigenvalue weighted by Crippen LogP contribution is 2.27. The van der Waals surface area contributed by atoms with Gasteiger partial charge in [-0.1, -0.05) is 19.8 Å². The fraction of sp³-hybridized carbons (Fsp3) is 0.588. The van der Waals surface area contributed by atoms with Crippen molar-refractivity contribution in [1.29, 1.82) is 0 Å². The zero-order chi connectivity index (χ0) is 15.1. The van der Waals surface area contributed by atoms with Crippen molar-refractivity contribution < 1.29 is 9.53 Å². The maximum atomic E-state index is 11.9. The molecule has 1 fully saturated rings. The summed E-state index contributed by atoms with van der Waals surface area (Å²) in [5.74, 6) is 2.35. The van der Waals surface area contributed by atoms with Gasteiger partial charge in [0.05, 0.1) is 13.7 Å². The molecule has 1 aliphatic rings. The van der Waals surface area contributed by atoms with Crippen LogP contribution in [0.4, 0.5) is 5.69 Å². The molecule has 1 aromatic carbocycles. The molecule has 2 N–H and O–H groups in total. The molecule has 2 atom stereocenters. The van der Waals surface area contributed by atoms with Gasteiger partial charge in [0.15, 0.2) is 0 Å². The summed E-state index contributed by atoms with van der Waals surface area (Å²) in [6.07, 6.45) is 5.25. The van der Waals surface area contributed by atoms with Crippen molar-refractivity contribution in [1.82, 2.24) is 5.32 Å². The lowest BCUT2D eigenvalue weighted by atomic mass is 9.82. The van der Waals surface area contributed by atoms with Gasteiger partial charge in [0.25, 0.3) is 0 Å². The average Bonchev–Trinajstić information content (AvgIpc) is 2.48. The number of anilines is 1. The van der Waals surface area contributed by atoms with E-state index in [0.717, 1.165) is 29.8 Å². The van der Waals surface area contributed by atoms with E-state index in [0.29, 0.717) is 6.54 Å². The lowest BCUT2D eigenvalue weighted by Gasteiger charge is -2.26. The Morgan fingerprint density at radius 2 is 2.05 bits per heavy atom. The summed E-state index contributed by atoms with van der Waals surface area (Å²) < 4.78 is 5.09. The van der Waals surface area contributed by atoms with Crippen LogP contribution >= 0.6 is 0 Å². The van der Waals surface area contributed by atoms with Crippen molar-refractivity contribution in [2.75, 3.05) is 25.5 Å². The van der Waals surface area contributed by atoms with E-state index < -0.39 is 0 Å². The largest absolute Gasteiger partial charge is 0.497 e. The van der Waals surface area contributed by atoms with Crippen LogP contribution in [0.5, 0.6) is 5.75 Å². The van der Waals surface area contributed by atoms with E-state index in [-0.39, 0.29) is 5.91 Å². The Bertz CT molecular complexity index is 445. The molecule has 116 valence electrons. The molecule has 0 saturated heterocycles. The van der Waals surface area contributed by atoms with Gasteiger partial charge in [-0.05, 0) is 55.5 Å². The van der Waals surface area contributed by atoms with E-state index in [1.54, 1.807) is 7.11 Å². The van der Waals surface area contributed by atoms with Crippen molar-refractivity contribution >= 4 is 11.6 Å². The van der Waals surface area contributed by atoms with Gasteiger partial charge in [0.2, 0.25) is 5.91 Å². The number of hydrogen-bond donors (Lipinski definition) is 2. The lowest BCUT2D eigenvalue weighted by Crippen LogP contribution is -2.33. The van der Waals surface area contributed by atoms with Gasteiger partial charge in [-0.2, -0.15) is 0 Å². The Morgan fingerprint density at radius 1 is 1.29 bits per heavy atom. The number of methoxy groups -OCH3 is 1. The lowest BCUT2D eigenvalue weighted by molar-refractivity contribution is -0.115. The number of ether oxygens (including phenoxy) is 1. The monoisotopic (exact) mass is 290 g/mol. The predicted molar refractivity (Wildman–Crippen MR) is 85.6 cm³/mol. The van der Waals surface area contributed by atoms with Crippen LogP contribution in [-0.4, -0.2) is 26.1 Å². The second kappa shape index (κ2) is 8.03. The van der Waals surface area contributed by atoms with E-state index in [9.17, 15) is 4.79 Å². The quantitative estimate of drug-likeness (QED) is 0.846. The molecule has 1 aliphatic carbocycles. The minimum absolute atomic E-state index is 0.00373. The van der Waals surface area contributed by atoms with Crippen LogP contribution in [0.15, 0.2) is 24.3 Å². The number of carbonyl (C=O) groups is 1. The van der Waals surface area contributed by atoms with E-state index in [2.05, 4.69) is 17.6 Å².